The zero-order valence-corrected chi connectivity index (χ0v) is 15.8. The van der Waals surface area contributed by atoms with Crippen molar-refractivity contribution in [1.29, 1.82) is 5.26 Å². The van der Waals surface area contributed by atoms with Crippen molar-refractivity contribution in [3.05, 3.63) is 35.4 Å². The highest BCUT2D eigenvalue weighted by molar-refractivity contribution is 7.98. The summed E-state index contributed by atoms with van der Waals surface area (Å²) >= 11 is 2.34. The van der Waals surface area contributed by atoms with Crippen molar-refractivity contribution < 1.29 is 13.2 Å². The summed E-state index contributed by atoms with van der Waals surface area (Å²) in [6, 6.07) is 9.20. The lowest BCUT2D eigenvalue weighted by Crippen LogP contribution is -2.13. The summed E-state index contributed by atoms with van der Waals surface area (Å²) in [4.78, 5) is 17.0. The average Bonchev–Trinajstić information content (AvgIpc) is 3.09. The second kappa shape index (κ2) is 8.24. The van der Waals surface area contributed by atoms with E-state index in [2.05, 4.69) is 14.7 Å². The molecule has 2 rings (SSSR count). The Hall–Kier alpha value is -2.22. The van der Waals surface area contributed by atoms with E-state index in [0.717, 1.165) is 16.4 Å². The number of benzene rings is 1. The van der Waals surface area contributed by atoms with Gasteiger partial charge in [0.2, 0.25) is 15.0 Å². The van der Waals surface area contributed by atoms with Crippen LogP contribution in [0.25, 0.3) is 6.08 Å². The number of nitrogens with one attached hydrogen (secondary N) is 1. The first-order chi connectivity index (χ1) is 11.9. The summed E-state index contributed by atoms with van der Waals surface area (Å²) in [6.07, 6.45) is 3.40. The second-order valence-electron chi connectivity index (χ2n) is 4.68. The summed E-state index contributed by atoms with van der Waals surface area (Å²) in [5, 5.41) is 11.3. The molecule has 0 radical (unpaired) electrons. The molecule has 0 aliphatic rings. The quantitative estimate of drug-likeness (QED) is 0.455. The Morgan fingerprint density at radius 1 is 1.40 bits per heavy atom. The van der Waals surface area contributed by atoms with Crippen LogP contribution < -0.4 is 5.32 Å². The Morgan fingerprint density at radius 3 is 2.64 bits per heavy atom. The molecule has 1 N–H and O–H groups in total. The van der Waals surface area contributed by atoms with Crippen LogP contribution in [0.4, 0.5) is 5.13 Å². The number of rotatable bonds is 6. The monoisotopic (exact) mass is 394 g/mol. The molecule has 0 aliphatic carbocycles. The van der Waals surface area contributed by atoms with Gasteiger partial charge in [-0.15, -0.1) is 11.8 Å². The number of carbonyl (C=O) groups excluding carboxylic acids is 1. The number of aromatic nitrogens is 2. The number of nitriles is 1. The molecule has 0 saturated carbocycles. The zero-order chi connectivity index (χ0) is 18.4. The van der Waals surface area contributed by atoms with Crippen LogP contribution in [0.2, 0.25) is 0 Å². The van der Waals surface area contributed by atoms with Crippen molar-refractivity contribution in [3.8, 4) is 6.07 Å². The van der Waals surface area contributed by atoms with Gasteiger partial charge in [0.15, 0.2) is 0 Å². The van der Waals surface area contributed by atoms with E-state index in [1.807, 2.05) is 24.5 Å². The van der Waals surface area contributed by atoms with Gasteiger partial charge >= 0.3 is 0 Å². The number of hydrogen-bond acceptors (Lipinski definition) is 8. The second-order valence-corrected chi connectivity index (χ2v) is 8.49. The third kappa shape index (κ3) is 4.88. The van der Waals surface area contributed by atoms with Gasteiger partial charge in [-0.3, -0.25) is 10.1 Å². The van der Waals surface area contributed by atoms with Crippen molar-refractivity contribution in [1.82, 2.24) is 9.36 Å². The molecule has 0 unspecified atom stereocenters. The maximum atomic E-state index is 12.2. The molecule has 0 atom stereocenters. The number of hydrogen-bond donors (Lipinski definition) is 1. The van der Waals surface area contributed by atoms with Crippen molar-refractivity contribution in [3.63, 3.8) is 0 Å². The van der Waals surface area contributed by atoms with Crippen LogP contribution in [0.1, 0.15) is 12.5 Å². The normalized spacial score (nSPS) is 11.8. The van der Waals surface area contributed by atoms with Crippen LogP contribution in [-0.2, 0) is 14.6 Å². The molecule has 1 heterocycles. The lowest BCUT2D eigenvalue weighted by atomic mass is 10.1. The Morgan fingerprint density at radius 2 is 2.08 bits per heavy atom. The van der Waals surface area contributed by atoms with Gasteiger partial charge in [0.05, 0.1) is 5.75 Å². The maximum absolute atomic E-state index is 12.2. The highest BCUT2D eigenvalue weighted by Gasteiger charge is 2.19. The first kappa shape index (κ1) is 19.1. The Balaban J connectivity index is 2.17. The van der Waals surface area contributed by atoms with Gasteiger partial charge in [0.25, 0.3) is 11.1 Å². The van der Waals surface area contributed by atoms with Gasteiger partial charge in [-0.05, 0) is 30.0 Å². The van der Waals surface area contributed by atoms with Crippen LogP contribution in [0, 0.1) is 11.3 Å². The van der Waals surface area contributed by atoms with Gasteiger partial charge in [-0.25, -0.2) is 8.42 Å². The Kier molecular flexibility index (Phi) is 6.30. The average molecular weight is 395 g/mol. The van der Waals surface area contributed by atoms with Crippen molar-refractivity contribution in [2.75, 3.05) is 17.3 Å². The predicted octanol–water partition coefficient (Wildman–Crippen LogP) is 2.60. The van der Waals surface area contributed by atoms with Crippen molar-refractivity contribution >= 4 is 50.2 Å². The molecule has 130 valence electrons. The van der Waals surface area contributed by atoms with E-state index in [1.165, 1.54) is 13.0 Å². The van der Waals surface area contributed by atoms with Crippen LogP contribution in [0.15, 0.2) is 39.9 Å². The minimum Gasteiger partial charge on any atom is -0.296 e. The van der Waals surface area contributed by atoms with Gasteiger partial charge in [-0.2, -0.15) is 14.6 Å². The summed E-state index contributed by atoms with van der Waals surface area (Å²) < 4.78 is 27.1. The Labute approximate surface area is 153 Å². The molecule has 25 heavy (non-hydrogen) atoms. The number of nitrogens with zero attached hydrogens (tertiary/aromatic N) is 3. The fourth-order valence-corrected chi connectivity index (χ4v) is 3.69. The van der Waals surface area contributed by atoms with E-state index in [1.54, 1.807) is 23.9 Å². The lowest BCUT2D eigenvalue weighted by Gasteiger charge is -2.01. The number of anilines is 1. The van der Waals surface area contributed by atoms with Crippen LogP contribution in [-0.4, -0.2) is 35.7 Å². The molecule has 0 spiro atoms. The van der Waals surface area contributed by atoms with E-state index in [4.69, 9.17) is 0 Å². The first-order valence-electron chi connectivity index (χ1n) is 7.03. The highest BCUT2D eigenvalue weighted by Crippen LogP contribution is 2.18. The number of thioether (sulfide) groups is 1. The third-order valence-corrected chi connectivity index (χ3v) is 6.07. The topological polar surface area (TPSA) is 113 Å². The standard InChI is InChI=1S/C15H14N4O3S3/c1-3-25(21,22)15-18-14(24-19-15)17-13(20)11(9-16)8-10-4-6-12(23-2)7-5-10/h4-8H,3H2,1-2H3,(H,17,18,19,20)/b11-8-. The van der Waals surface area contributed by atoms with Crippen molar-refractivity contribution in [2.45, 2.75) is 17.0 Å². The molecular weight excluding hydrogens is 380 g/mol. The molecule has 1 aromatic heterocycles. The van der Waals surface area contributed by atoms with E-state index >= 15 is 0 Å². The largest absolute Gasteiger partial charge is 0.296 e. The predicted molar refractivity (Wildman–Crippen MR) is 98.1 cm³/mol. The smallest absolute Gasteiger partial charge is 0.268 e. The SMILES string of the molecule is CCS(=O)(=O)c1nsc(NC(=O)/C(C#N)=C\c2ccc(SC)cc2)n1. The summed E-state index contributed by atoms with van der Waals surface area (Å²) in [6.45, 7) is 1.48. The number of amides is 1. The van der Waals surface area contributed by atoms with Crippen LogP contribution >= 0.6 is 23.3 Å². The van der Waals surface area contributed by atoms with Gasteiger partial charge in [0, 0.05) is 16.4 Å². The maximum Gasteiger partial charge on any atom is 0.268 e. The van der Waals surface area contributed by atoms with E-state index in [0.29, 0.717) is 5.56 Å². The minimum atomic E-state index is -3.54. The number of sulfone groups is 1. The summed E-state index contributed by atoms with van der Waals surface area (Å²) in [5.41, 5.74) is 0.586. The molecule has 0 aliphatic heterocycles. The van der Waals surface area contributed by atoms with E-state index < -0.39 is 15.7 Å². The van der Waals surface area contributed by atoms with E-state index in [-0.39, 0.29) is 21.6 Å². The molecule has 1 amide bonds. The van der Waals surface area contributed by atoms with Crippen LogP contribution in [0.3, 0.4) is 0 Å². The lowest BCUT2D eigenvalue weighted by molar-refractivity contribution is -0.112. The summed E-state index contributed by atoms with van der Waals surface area (Å²) in [7, 11) is -3.54. The fraction of sp³-hybridized carbons (Fsp3) is 0.200. The molecule has 0 saturated heterocycles. The summed E-state index contributed by atoms with van der Waals surface area (Å²) in [5.74, 6) is -0.806. The number of carbonyl (C=O) groups is 1. The highest BCUT2D eigenvalue weighted by atomic mass is 32.2. The van der Waals surface area contributed by atoms with Crippen molar-refractivity contribution in [2.24, 2.45) is 0 Å². The molecular formula is C15H14N4O3S3. The van der Waals surface area contributed by atoms with E-state index in [9.17, 15) is 18.5 Å². The molecule has 2 aromatic rings. The minimum absolute atomic E-state index is 0.0240. The van der Waals surface area contributed by atoms with Gasteiger partial charge < -0.3 is 0 Å². The zero-order valence-electron chi connectivity index (χ0n) is 13.4. The molecule has 0 fully saturated rings. The molecule has 7 nitrogen and oxygen atoms in total. The molecule has 10 heteroatoms. The van der Waals surface area contributed by atoms with Gasteiger partial charge in [-0.1, -0.05) is 19.1 Å². The molecule has 0 bridgehead atoms. The van der Waals surface area contributed by atoms with Gasteiger partial charge in [0.1, 0.15) is 11.6 Å². The van der Waals surface area contributed by atoms with Crippen LogP contribution in [0.5, 0.6) is 0 Å². The first-order valence-corrected chi connectivity index (χ1v) is 10.7. The molecule has 1 aromatic carbocycles. The Bertz CT molecular complexity index is 941. The third-order valence-electron chi connectivity index (χ3n) is 3.08. The fourth-order valence-electron chi connectivity index (χ4n) is 1.70.